The molecule has 2 aromatic rings. The number of aryl methyl sites for hydroxylation is 2. The molecule has 3 nitrogen and oxygen atoms in total. The summed E-state index contributed by atoms with van der Waals surface area (Å²) in [5, 5.41) is 0. The quantitative estimate of drug-likeness (QED) is 0.579. The van der Waals surface area contributed by atoms with E-state index in [9.17, 15) is 4.79 Å². The van der Waals surface area contributed by atoms with E-state index in [1.165, 1.54) is 27.1 Å². The maximum absolute atomic E-state index is 12.4. The van der Waals surface area contributed by atoms with Crippen LogP contribution in [0.15, 0.2) is 35.9 Å². The van der Waals surface area contributed by atoms with Crippen LogP contribution in [0, 0.1) is 0 Å². The lowest BCUT2D eigenvalue weighted by molar-refractivity contribution is 0.0532. The zero-order valence-corrected chi connectivity index (χ0v) is 19.1. The summed E-state index contributed by atoms with van der Waals surface area (Å²) >= 11 is 1.62. The second-order valence-corrected chi connectivity index (χ2v) is 9.07. The molecule has 0 saturated carbocycles. The smallest absolute Gasteiger partial charge is 0.348 e. The van der Waals surface area contributed by atoms with E-state index < -0.39 is 0 Å². The Morgan fingerprint density at radius 3 is 2.52 bits per heavy atom. The molecule has 1 fully saturated rings. The molecule has 2 aliphatic rings. The molecule has 1 saturated heterocycles. The minimum absolute atomic E-state index is 0. The highest BCUT2D eigenvalue weighted by Crippen LogP contribution is 2.42. The molecule has 156 valence electrons. The Kier molecular flexibility index (Phi) is 7.20. The number of piperidine rings is 1. The van der Waals surface area contributed by atoms with Crippen molar-refractivity contribution in [2.24, 2.45) is 0 Å². The summed E-state index contributed by atoms with van der Waals surface area (Å²) < 4.78 is 5.28. The zero-order valence-electron chi connectivity index (χ0n) is 17.5. The molecule has 1 aromatic heterocycles. The summed E-state index contributed by atoms with van der Waals surface area (Å²) in [6.45, 7) is 9.07. The van der Waals surface area contributed by atoms with Crippen LogP contribution in [-0.4, -0.2) is 36.6 Å². The molecule has 29 heavy (non-hydrogen) atoms. The molecular formula is C24H30ClNO2S. The average Bonchev–Trinajstić information content (AvgIpc) is 3.05. The third kappa shape index (κ3) is 4.45. The van der Waals surface area contributed by atoms with Crippen molar-refractivity contribution >= 4 is 35.3 Å². The predicted molar refractivity (Wildman–Crippen MR) is 123 cm³/mol. The molecule has 5 heteroatoms. The predicted octanol–water partition coefficient (Wildman–Crippen LogP) is 5.75. The molecule has 4 rings (SSSR count). The Morgan fingerprint density at radius 1 is 1.10 bits per heavy atom. The third-order valence-electron chi connectivity index (χ3n) is 5.95. The maximum atomic E-state index is 12.4. The second-order valence-electron chi connectivity index (χ2n) is 7.93. The van der Waals surface area contributed by atoms with Crippen LogP contribution in [0.4, 0.5) is 0 Å². The lowest BCUT2D eigenvalue weighted by Gasteiger charge is -2.33. The van der Waals surface area contributed by atoms with E-state index in [4.69, 9.17) is 4.74 Å². The van der Waals surface area contributed by atoms with E-state index in [2.05, 4.69) is 49.1 Å². The number of nitrogens with zero attached hydrogens (tertiary/aromatic N) is 1. The van der Waals surface area contributed by atoms with Gasteiger partial charge in [0, 0.05) is 24.0 Å². The van der Waals surface area contributed by atoms with Gasteiger partial charge in [0.1, 0.15) is 4.88 Å². The Labute approximate surface area is 184 Å². The molecule has 0 unspecified atom stereocenters. The van der Waals surface area contributed by atoms with Crippen molar-refractivity contribution in [1.29, 1.82) is 0 Å². The highest BCUT2D eigenvalue weighted by atomic mass is 35.5. The molecule has 1 aliphatic heterocycles. The number of carbonyl (C=O) groups is 1. The number of halogens is 1. The van der Waals surface area contributed by atoms with E-state index in [1.807, 2.05) is 6.92 Å². The number of hydrogen-bond donors (Lipinski definition) is 0. The number of rotatable bonds is 3. The van der Waals surface area contributed by atoms with E-state index in [0.29, 0.717) is 12.6 Å². The van der Waals surface area contributed by atoms with Gasteiger partial charge in [-0.2, -0.15) is 0 Å². The first kappa shape index (κ1) is 22.1. The second kappa shape index (κ2) is 9.46. The van der Waals surface area contributed by atoms with Crippen LogP contribution >= 0.6 is 23.7 Å². The van der Waals surface area contributed by atoms with Crippen LogP contribution < -0.4 is 0 Å². The van der Waals surface area contributed by atoms with Gasteiger partial charge in [0.2, 0.25) is 0 Å². The van der Waals surface area contributed by atoms with E-state index >= 15 is 0 Å². The molecule has 0 atom stereocenters. The maximum Gasteiger partial charge on any atom is 0.348 e. The fraction of sp³-hybridized carbons (Fsp3) is 0.458. The van der Waals surface area contributed by atoms with Crippen LogP contribution in [0.5, 0.6) is 0 Å². The highest BCUT2D eigenvalue weighted by molar-refractivity contribution is 7.14. The molecule has 1 aromatic carbocycles. The summed E-state index contributed by atoms with van der Waals surface area (Å²) in [6.07, 6.45) is 4.23. The monoisotopic (exact) mass is 431 g/mol. The first-order valence-corrected chi connectivity index (χ1v) is 11.2. The number of likely N-dealkylation sites (tertiary alicyclic amines) is 1. The summed E-state index contributed by atoms with van der Waals surface area (Å²) in [5.41, 5.74) is 6.99. The van der Waals surface area contributed by atoms with Crippen LogP contribution in [0.25, 0.3) is 5.57 Å². The van der Waals surface area contributed by atoms with Crippen LogP contribution in [0.2, 0.25) is 0 Å². The molecule has 0 N–H and O–H groups in total. The highest BCUT2D eigenvalue weighted by Gasteiger charge is 2.27. The summed E-state index contributed by atoms with van der Waals surface area (Å²) in [4.78, 5) is 17.0. The fourth-order valence-electron chi connectivity index (χ4n) is 4.45. The van der Waals surface area contributed by atoms with Gasteiger partial charge in [0.15, 0.2) is 0 Å². The topological polar surface area (TPSA) is 29.5 Å². The molecule has 1 aliphatic carbocycles. The lowest BCUT2D eigenvalue weighted by atomic mass is 9.87. The molecular weight excluding hydrogens is 402 g/mol. The van der Waals surface area contributed by atoms with Crippen LogP contribution in [0.1, 0.15) is 64.9 Å². The van der Waals surface area contributed by atoms with Gasteiger partial charge in [-0.05, 0) is 74.8 Å². The van der Waals surface area contributed by atoms with Gasteiger partial charge in [-0.3, -0.25) is 0 Å². The van der Waals surface area contributed by atoms with Crippen molar-refractivity contribution < 1.29 is 9.53 Å². The van der Waals surface area contributed by atoms with Crippen molar-refractivity contribution in [2.45, 2.75) is 52.5 Å². The fourth-order valence-corrected chi connectivity index (χ4v) is 5.51. The largest absolute Gasteiger partial charge is 0.462 e. The minimum atomic E-state index is -0.187. The lowest BCUT2D eigenvalue weighted by Crippen LogP contribution is -2.36. The van der Waals surface area contributed by atoms with Crippen molar-refractivity contribution in [2.75, 3.05) is 19.7 Å². The van der Waals surface area contributed by atoms with Gasteiger partial charge in [-0.1, -0.05) is 29.8 Å². The van der Waals surface area contributed by atoms with Gasteiger partial charge in [0.25, 0.3) is 0 Å². The number of fused-ring (bicyclic) bond motifs is 2. The molecule has 0 amide bonds. The van der Waals surface area contributed by atoms with Gasteiger partial charge in [-0.25, -0.2) is 4.79 Å². The van der Waals surface area contributed by atoms with Crippen molar-refractivity contribution in [3.8, 4) is 0 Å². The van der Waals surface area contributed by atoms with E-state index in [0.717, 1.165) is 43.6 Å². The van der Waals surface area contributed by atoms with Gasteiger partial charge in [0.05, 0.1) is 6.61 Å². The van der Waals surface area contributed by atoms with E-state index in [1.54, 1.807) is 16.9 Å². The normalized spacial score (nSPS) is 16.7. The number of carbonyl (C=O) groups excluding carboxylic acids is 1. The molecule has 0 radical (unpaired) electrons. The average molecular weight is 432 g/mol. The van der Waals surface area contributed by atoms with Crippen molar-refractivity contribution in [3.63, 3.8) is 0 Å². The van der Waals surface area contributed by atoms with Gasteiger partial charge in [-0.15, -0.1) is 23.7 Å². The standard InChI is InChI=1S/C24H29NO2S.ClH/c1-4-27-24(26)22-15-20-21(28-22)10-9-17-7-5-6-8-19(17)23(20)18-11-13-25(14-12-18)16(2)3;/h5-8,15-16H,4,9-14H2,1-3H3;1H. The van der Waals surface area contributed by atoms with Gasteiger partial charge < -0.3 is 9.64 Å². The Morgan fingerprint density at radius 2 is 1.83 bits per heavy atom. The number of esters is 1. The summed E-state index contributed by atoms with van der Waals surface area (Å²) in [5.74, 6) is -0.187. The number of hydrogen-bond acceptors (Lipinski definition) is 4. The Balaban J connectivity index is 0.00000240. The van der Waals surface area contributed by atoms with Crippen molar-refractivity contribution in [3.05, 3.63) is 62.3 Å². The summed E-state index contributed by atoms with van der Waals surface area (Å²) in [7, 11) is 0. The van der Waals surface area contributed by atoms with Gasteiger partial charge >= 0.3 is 5.97 Å². The molecule has 2 heterocycles. The number of thiophene rings is 1. The third-order valence-corrected chi connectivity index (χ3v) is 7.12. The minimum Gasteiger partial charge on any atom is -0.462 e. The number of ether oxygens (including phenoxy) is 1. The first-order chi connectivity index (χ1) is 13.6. The summed E-state index contributed by atoms with van der Waals surface area (Å²) in [6, 6.07) is 11.5. The van der Waals surface area contributed by atoms with Crippen LogP contribution in [0.3, 0.4) is 0 Å². The number of benzene rings is 1. The van der Waals surface area contributed by atoms with E-state index in [-0.39, 0.29) is 18.4 Å². The SMILES string of the molecule is CCOC(=O)c1cc2c(s1)CCc1ccccc1C2=C1CCN(C(C)C)CC1.Cl. The zero-order chi connectivity index (χ0) is 19.7. The Bertz CT molecular complexity index is 905. The Hall–Kier alpha value is -1.62. The molecule has 0 bridgehead atoms. The molecule has 0 spiro atoms. The van der Waals surface area contributed by atoms with Crippen molar-refractivity contribution in [1.82, 2.24) is 4.90 Å². The van der Waals surface area contributed by atoms with Crippen LogP contribution in [-0.2, 0) is 17.6 Å². The first-order valence-electron chi connectivity index (χ1n) is 10.4.